The predicted octanol–water partition coefficient (Wildman–Crippen LogP) is 4.45. The number of nitrogens with zero attached hydrogens (tertiary/aromatic N) is 1. The number of carboxylic acid groups (broad SMARTS) is 1. The Morgan fingerprint density at radius 3 is 2.48 bits per heavy atom. The van der Waals surface area contributed by atoms with Gasteiger partial charge in [-0.2, -0.15) is 0 Å². The molecule has 1 heterocycles. The van der Waals surface area contributed by atoms with E-state index >= 15 is 0 Å². The van der Waals surface area contributed by atoms with E-state index in [1.807, 2.05) is 36.4 Å². The van der Waals surface area contributed by atoms with E-state index in [-0.39, 0.29) is 11.1 Å². The first-order chi connectivity index (χ1) is 15.0. The topological polar surface area (TPSA) is 115 Å². The van der Waals surface area contributed by atoms with E-state index in [9.17, 15) is 14.7 Å². The number of ether oxygens (including phenoxy) is 1. The van der Waals surface area contributed by atoms with Gasteiger partial charge in [0.15, 0.2) is 0 Å². The number of carbonyl (C=O) groups excluding carboxylic acids is 1. The normalized spacial score (nSPS) is 10.6. The molecule has 0 unspecified atom stereocenters. The second-order valence-corrected chi connectivity index (χ2v) is 6.86. The van der Waals surface area contributed by atoms with E-state index in [1.54, 1.807) is 25.3 Å². The minimum Gasteiger partial charge on any atom is -0.496 e. The summed E-state index contributed by atoms with van der Waals surface area (Å²) in [7, 11) is 1.57. The molecule has 3 aromatic carbocycles. The van der Waals surface area contributed by atoms with Crippen LogP contribution < -0.4 is 15.8 Å². The Morgan fingerprint density at radius 1 is 1.03 bits per heavy atom. The van der Waals surface area contributed by atoms with E-state index in [0.717, 1.165) is 11.1 Å². The molecule has 4 aromatic rings. The van der Waals surface area contributed by atoms with Crippen molar-refractivity contribution >= 4 is 34.2 Å². The van der Waals surface area contributed by atoms with Crippen LogP contribution in [0, 0.1) is 0 Å². The number of nitrogens with one attached hydrogen (secondary N) is 1. The highest BCUT2D eigenvalue weighted by Crippen LogP contribution is 2.38. The molecule has 4 rings (SSSR count). The number of methoxy groups -OCH3 is 1. The molecule has 4 N–H and O–H groups in total. The fraction of sp³-hybridized carbons (Fsp3) is 0.0417. The van der Waals surface area contributed by atoms with E-state index < -0.39 is 11.9 Å². The molecule has 0 atom stereocenters. The number of aromatic carboxylic acids is 1. The van der Waals surface area contributed by atoms with Gasteiger partial charge in [-0.25, -0.2) is 4.79 Å². The number of hydrogen-bond acceptors (Lipinski definition) is 5. The molecule has 0 spiro atoms. The SMILES string of the molecule is COc1cc2c(Nc3cccc(C(=O)O)c3)c(C(N)=O)cnc2cc1-c1ccccc1. The molecular weight excluding hydrogens is 394 g/mol. The van der Waals surface area contributed by atoms with Gasteiger partial charge in [0.05, 0.1) is 29.4 Å². The van der Waals surface area contributed by atoms with Crippen molar-refractivity contribution in [2.75, 3.05) is 12.4 Å². The summed E-state index contributed by atoms with van der Waals surface area (Å²) in [5.41, 5.74) is 9.26. The molecule has 7 heteroatoms. The van der Waals surface area contributed by atoms with Crippen LogP contribution in [0.25, 0.3) is 22.0 Å². The van der Waals surface area contributed by atoms with Crippen LogP contribution >= 0.6 is 0 Å². The van der Waals surface area contributed by atoms with Crippen LogP contribution in [0.2, 0.25) is 0 Å². The number of anilines is 2. The average Bonchev–Trinajstić information content (AvgIpc) is 2.79. The van der Waals surface area contributed by atoms with Crippen molar-refractivity contribution in [1.29, 1.82) is 0 Å². The Balaban J connectivity index is 1.92. The number of aromatic nitrogens is 1. The molecule has 0 aliphatic rings. The number of nitrogens with two attached hydrogens (primary N) is 1. The lowest BCUT2D eigenvalue weighted by molar-refractivity contribution is 0.0696. The first kappa shape index (κ1) is 19.9. The van der Waals surface area contributed by atoms with Gasteiger partial charge in [-0.3, -0.25) is 9.78 Å². The summed E-state index contributed by atoms with van der Waals surface area (Å²) in [6.07, 6.45) is 1.41. The summed E-state index contributed by atoms with van der Waals surface area (Å²) in [5.74, 6) is -1.10. The molecule has 154 valence electrons. The van der Waals surface area contributed by atoms with E-state index in [4.69, 9.17) is 10.5 Å². The zero-order valence-electron chi connectivity index (χ0n) is 16.6. The second-order valence-electron chi connectivity index (χ2n) is 6.86. The average molecular weight is 413 g/mol. The molecule has 0 saturated heterocycles. The van der Waals surface area contributed by atoms with Crippen LogP contribution in [0.15, 0.2) is 72.9 Å². The molecule has 1 aromatic heterocycles. The minimum atomic E-state index is -1.05. The van der Waals surface area contributed by atoms with Crippen molar-refractivity contribution in [3.05, 3.63) is 84.1 Å². The maximum atomic E-state index is 12.1. The lowest BCUT2D eigenvalue weighted by atomic mass is 10.00. The van der Waals surface area contributed by atoms with Crippen molar-refractivity contribution in [2.24, 2.45) is 5.73 Å². The van der Waals surface area contributed by atoms with Crippen LogP contribution in [-0.2, 0) is 0 Å². The van der Waals surface area contributed by atoms with Crippen LogP contribution in [-0.4, -0.2) is 29.1 Å². The quantitative estimate of drug-likeness (QED) is 0.430. The van der Waals surface area contributed by atoms with Crippen LogP contribution in [0.5, 0.6) is 5.75 Å². The molecule has 0 radical (unpaired) electrons. The number of pyridine rings is 1. The number of benzene rings is 3. The predicted molar refractivity (Wildman–Crippen MR) is 119 cm³/mol. The summed E-state index contributed by atoms with van der Waals surface area (Å²) >= 11 is 0. The number of carboxylic acids is 1. The third-order valence-electron chi connectivity index (χ3n) is 4.92. The fourth-order valence-corrected chi connectivity index (χ4v) is 3.43. The summed E-state index contributed by atoms with van der Waals surface area (Å²) in [4.78, 5) is 27.8. The highest BCUT2D eigenvalue weighted by Gasteiger charge is 2.17. The van der Waals surface area contributed by atoms with Gasteiger partial charge in [-0.15, -0.1) is 0 Å². The fourth-order valence-electron chi connectivity index (χ4n) is 3.43. The van der Waals surface area contributed by atoms with Gasteiger partial charge in [-0.05, 0) is 35.9 Å². The smallest absolute Gasteiger partial charge is 0.335 e. The summed E-state index contributed by atoms with van der Waals surface area (Å²) in [6, 6.07) is 19.7. The van der Waals surface area contributed by atoms with Crippen LogP contribution in [0.1, 0.15) is 20.7 Å². The van der Waals surface area contributed by atoms with Gasteiger partial charge in [0.1, 0.15) is 5.75 Å². The maximum absolute atomic E-state index is 12.1. The zero-order chi connectivity index (χ0) is 22.0. The highest BCUT2D eigenvalue weighted by molar-refractivity contribution is 6.08. The van der Waals surface area contributed by atoms with Gasteiger partial charge >= 0.3 is 5.97 Å². The molecular formula is C24H19N3O4. The van der Waals surface area contributed by atoms with Gasteiger partial charge < -0.3 is 20.9 Å². The van der Waals surface area contributed by atoms with Crippen molar-refractivity contribution in [1.82, 2.24) is 4.98 Å². The summed E-state index contributed by atoms with van der Waals surface area (Å²) in [6.45, 7) is 0. The number of hydrogen-bond donors (Lipinski definition) is 3. The Morgan fingerprint density at radius 2 is 1.81 bits per heavy atom. The Kier molecular flexibility index (Phi) is 5.24. The largest absolute Gasteiger partial charge is 0.496 e. The van der Waals surface area contributed by atoms with Crippen molar-refractivity contribution in [3.63, 3.8) is 0 Å². The molecule has 0 fully saturated rings. The van der Waals surface area contributed by atoms with Gasteiger partial charge in [-0.1, -0.05) is 36.4 Å². The summed E-state index contributed by atoms with van der Waals surface area (Å²) < 4.78 is 5.61. The number of rotatable bonds is 6. The van der Waals surface area contributed by atoms with Crippen molar-refractivity contribution < 1.29 is 19.4 Å². The van der Waals surface area contributed by atoms with Crippen LogP contribution in [0.4, 0.5) is 11.4 Å². The minimum absolute atomic E-state index is 0.118. The van der Waals surface area contributed by atoms with E-state index in [1.165, 1.54) is 18.3 Å². The van der Waals surface area contributed by atoms with Gasteiger partial charge in [0.2, 0.25) is 0 Å². The Hall–Kier alpha value is -4.39. The standard InChI is InChI=1S/C24H19N3O4/c1-31-21-12-18-20(11-17(21)14-6-3-2-4-7-14)26-13-19(23(25)28)22(18)27-16-9-5-8-15(10-16)24(29)30/h2-13H,1H3,(H2,25,28)(H,26,27)(H,29,30). The first-order valence-electron chi connectivity index (χ1n) is 9.44. The molecule has 0 saturated carbocycles. The third kappa shape index (κ3) is 3.89. The van der Waals surface area contributed by atoms with E-state index in [2.05, 4.69) is 10.3 Å². The lowest BCUT2D eigenvalue weighted by Crippen LogP contribution is -2.14. The molecule has 7 nitrogen and oxygen atoms in total. The van der Waals surface area contributed by atoms with E-state index in [0.29, 0.717) is 28.0 Å². The molecule has 0 aliphatic carbocycles. The van der Waals surface area contributed by atoms with Gasteiger partial charge in [0, 0.05) is 22.8 Å². The Labute approximate surface area is 178 Å². The molecule has 0 bridgehead atoms. The van der Waals surface area contributed by atoms with Crippen molar-refractivity contribution in [3.8, 4) is 16.9 Å². The first-order valence-corrected chi connectivity index (χ1v) is 9.44. The molecule has 0 aliphatic heterocycles. The zero-order valence-corrected chi connectivity index (χ0v) is 16.6. The maximum Gasteiger partial charge on any atom is 0.335 e. The third-order valence-corrected chi connectivity index (χ3v) is 4.92. The molecule has 1 amide bonds. The summed E-state index contributed by atoms with van der Waals surface area (Å²) in [5, 5.41) is 13.0. The lowest BCUT2D eigenvalue weighted by Gasteiger charge is -2.16. The number of primary amides is 1. The number of amides is 1. The molecule has 31 heavy (non-hydrogen) atoms. The van der Waals surface area contributed by atoms with Crippen molar-refractivity contribution in [2.45, 2.75) is 0 Å². The van der Waals surface area contributed by atoms with Gasteiger partial charge in [0.25, 0.3) is 5.91 Å². The van der Waals surface area contributed by atoms with Crippen LogP contribution in [0.3, 0.4) is 0 Å². The number of fused-ring (bicyclic) bond motifs is 1. The highest BCUT2D eigenvalue weighted by atomic mass is 16.5. The Bertz CT molecular complexity index is 1300. The second kappa shape index (κ2) is 8.16. The number of carbonyl (C=O) groups is 2. The monoisotopic (exact) mass is 413 g/mol.